The molecule has 0 amide bonds. The van der Waals surface area contributed by atoms with E-state index >= 15 is 0 Å². The van der Waals surface area contributed by atoms with Gasteiger partial charge < -0.3 is 10.1 Å². The summed E-state index contributed by atoms with van der Waals surface area (Å²) in [5.74, 6) is -0.242. The summed E-state index contributed by atoms with van der Waals surface area (Å²) in [5.41, 5.74) is 1.73. The molecule has 0 aliphatic heterocycles. The Labute approximate surface area is 126 Å². The van der Waals surface area contributed by atoms with Gasteiger partial charge in [-0.05, 0) is 19.1 Å². The number of benzene rings is 1. The van der Waals surface area contributed by atoms with Crippen LogP contribution in [0.3, 0.4) is 0 Å². The van der Waals surface area contributed by atoms with E-state index in [0.717, 1.165) is 21.3 Å². The number of aromatic nitrogens is 1. The maximum absolute atomic E-state index is 11.7. The van der Waals surface area contributed by atoms with Gasteiger partial charge in [-0.15, -0.1) is 11.3 Å². The van der Waals surface area contributed by atoms with Crippen molar-refractivity contribution in [3.63, 3.8) is 0 Å². The Balaban J connectivity index is 2.33. The molecule has 0 radical (unpaired) electrons. The second kappa shape index (κ2) is 6.72. The number of hydrogen-bond donors (Lipinski definition) is 1. The van der Waals surface area contributed by atoms with Crippen molar-refractivity contribution < 1.29 is 9.53 Å². The second-order valence-corrected chi connectivity index (χ2v) is 5.55. The lowest BCUT2D eigenvalue weighted by atomic mass is 10.1. The van der Waals surface area contributed by atoms with Gasteiger partial charge in [0.05, 0.1) is 18.7 Å². The van der Waals surface area contributed by atoms with Crippen LogP contribution in [0.15, 0.2) is 24.3 Å². The van der Waals surface area contributed by atoms with Gasteiger partial charge in [0.15, 0.2) is 5.13 Å². The summed E-state index contributed by atoms with van der Waals surface area (Å²) in [6.45, 7) is 2.18. The van der Waals surface area contributed by atoms with Gasteiger partial charge in [0, 0.05) is 22.5 Å². The minimum atomic E-state index is -0.242. The van der Waals surface area contributed by atoms with Gasteiger partial charge in [-0.3, -0.25) is 4.79 Å². The number of nitrogens with zero attached hydrogens (tertiary/aromatic N) is 1. The van der Waals surface area contributed by atoms with E-state index in [1.807, 2.05) is 24.3 Å². The van der Waals surface area contributed by atoms with Crippen LogP contribution >= 0.6 is 22.9 Å². The van der Waals surface area contributed by atoms with E-state index < -0.39 is 0 Å². The first-order valence-corrected chi connectivity index (χ1v) is 7.42. The number of nitrogens with one attached hydrogen (secondary N) is 1. The summed E-state index contributed by atoms with van der Waals surface area (Å²) in [7, 11) is 1.80. The van der Waals surface area contributed by atoms with Gasteiger partial charge in [0.1, 0.15) is 0 Å². The van der Waals surface area contributed by atoms with Gasteiger partial charge in [-0.1, -0.05) is 23.7 Å². The molecule has 1 heterocycles. The average Bonchev–Trinajstić information content (AvgIpc) is 2.83. The molecule has 6 heteroatoms. The number of hydrogen-bond acceptors (Lipinski definition) is 5. The molecule has 0 unspecified atom stereocenters. The van der Waals surface area contributed by atoms with Crippen LogP contribution in [-0.2, 0) is 16.0 Å². The van der Waals surface area contributed by atoms with Crippen molar-refractivity contribution in [1.82, 2.24) is 4.98 Å². The lowest BCUT2D eigenvalue weighted by Crippen LogP contribution is -2.07. The normalized spacial score (nSPS) is 10.3. The quantitative estimate of drug-likeness (QED) is 0.857. The molecule has 106 valence electrons. The van der Waals surface area contributed by atoms with E-state index in [9.17, 15) is 4.79 Å². The van der Waals surface area contributed by atoms with Crippen molar-refractivity contribution in [2.45, 2.75) is 13.3 Å². The fourth-order valence-corrected chi connectivity index (χ4v) is 2.80. The van der Waals surface area contributed by atoms with E-state index in [1.54, 1.807) is 14.0 Å². The van der Waals surface area contributed by atoms with Gasteiger partial charge in [0.2, 0.25) is 0 Å². The molecule has 0 aliphatic carbocycles. The molecule has 1 N–H and O–H groups in total. The lowest BCUT2D eigenvalue weighted by Gasteiger charge is -2.03. The molecule has 0 aliphatic rings. The van der Waals surface area contributed by atoms with E-state index in [-0.39, 0.29) is 12.4 Å². The zero-order chi connectivity index (χ0) is 14.5. The summed E-state index contributed by atoms with van der Waals surface area (Å²) in [5, 5.41) is 4.45. The zero-order valence-corrected chi connectivity index (χ0v) is 12.8. The van der Waals surface area contributed by atoms with Crippen LogP contribution in [0.5, 0.6) is 0 Å². The van der Waals surface area contributed by atoms with E-state index in [0.29, 0.717) is 11.6 Å². The third-order valence-electron chi connectivity index (χ3n) is 2.64. The van der Waals surface area contributed by atoms with E-state index in [1.165, 1.54) is 11.3 Å². The third kappa shape index (κ3) is 3.49. The summed E-state index contributed by atoms with van der Waals surface area (Å²) >= 11 is 7.35. The number of carbonyl (C=O) groups excluding carboxylic acids is 1. The lowest BCUT2D eigenvalue weighted by molar-refractivity contribution is -0.142. The number of halogens is 1. The molecule has 0 saturated carbocycles. The van der Waals surface area contributed by atoms with Crippen LogP contribution in [0, 0.1) is 0 Å². The molecular weight excluding hydrogens is 296 g/mol. The minimum absolute atomic E-state index is 0.227. The second-order valence-electron chi connectivity index (χ2n) is 4.03. The molecule has 0 fully saturated rings. The Kier molecular flexibility index (Phi) is 4.98. The molecule has 2 aromatic rings. The predicted molar refractivity (Wildman–Crippen MR) is 82.4 cm³/mol. The van der Waals surface area contributed by atoms with Crippen molar-refractivity contribution in [2.24, 2.45) is 0 Å². The number of ether oxygens (including phenoxy) is 1. The molecule has 1 aromatic heterocycles. The molecule has 0 atom stereocenters. The molecule has 20 heavy (non-hydrogen) atoms. The summed E-state index contributed by atoms with van der Waals surface area (Å²) in [4.78, 5) is 17.0. The SMILES string of the molecule is CCOC(=O)Cc1sc(NC)nc1-c1ccc(Cl)cc1. The number of rotatable bonds is 5. The first-order chi connectivity index (χ1) is 9.63. The molecule has 4 nitrogen and oxygen atoms in total. The van der Waals surface area contributed by atoms with Crippen LogP contribution in [0.1, 0.15) is 11.8 Å². The standard InChI is InChI=1S/C14H15ClN2O2S/c1-3-19-12(18)8-11-13(17-14(16-2)20-11)9-4-6-10(15)7-5-9/h4-7H,3,8H2,1-2H3,(H,16,17). The smallest absolute Gasteiger partial charge is 0.311 e. The van der Waals surface area contributed by atoms with Crippen molar-refractivity contribution in [3.8, 4) is 11.3 Å². The third-order valence-corrected chi connectivity index (χ3v) is 3.96. The fourth-order valence-electron chi connectivity index (χ4n) is 1.75. The van der Waals surface area contributed by atoms with Crippen LogP contribution in [0.2, 0.25) is 5.02 Å². The highest BCUT2D eigenvalue weighted by atomic mass is 35.5. The van der Waals surface area contributed by atoms with Crippen molar-refractivity contribution in [3.05, 3.63) is 34.2 Å². The highest BCUT2D eigenvalue weighted by molar-refractivity contribution is 7.16. The molecule has 0 bridgehead atoms. The van der Waals surface area contributed by atoms with E-state index in [4.69, 9.17) is 16.3 Å². The average molecular weight is 311 g/mol. The number of anilines is 1. The number of carbonyl (C=O) groups is 1. The van der Waals surface area contributed by atoms with Crippen LogP contribution in [0.25, 0.3) is 11.3 Å². The Morgan fingerprint density at radius 3 is 2.70 bits per heavy atom. The summed E-state index contributed by atoms with van der Waals surface area (Å²) < 4.78 is 5.00. The monoisotopic (exact) mass is 310 g/mol. The van der Waals surface area contributed by atoms with Gasteiger partial charge in [-0.25, -0.2) is 4.98 Å². The highest BCUT2D eigenvalue weighted by Crippen LogP contribution is 2.32. The largest absolute Gasteiger partial charge is 0.466 e. The molecule has 1 aromatic carbocycles. The predicted octanol–water partition coefficient (Wildman–Crippen LogP) is 3.61. The highest BCUT2D eigenvalue weighted by Gasteiger charge is 2.16. The van der Waals surface area contributed by atoms with Crippen LogP contribution < -0.4 is 5.32 Å². The zero-order valence-electron chi connectivity index (χ0n) is 11.3. The Morgan fingerprint density at radius 2 is 2.10 bits per heavy atom. The first-order valence-electron chi connectivity index (χ1n) is 6.23. The topological polar surface area (TPSA) is 51.2 Å². The summed E-state index contributed by atoms with van der Waals surface area (Å²) in [6.07, 6.45) is 0.227. The van der Waals surface area contributed by atoms with Crippen molar-refractivity contribution in [1.29, 1.82) is 0 Å². The van der Waals surface area contributed by atoms with Gasteiger partial charge in [-0.2, -0.15) is 0 Å². The fraction of sp³-hybridized carbons (Fsp3) is 0.286. The van der Waals surface area contributed by atoms with Crippen LogP contribution in [-0.4, -0.2) is 24.6 Å². The Morgan fingerprint density at radius 1 is 1.40 bits per heavy atom. The van der Waals surface area contributed by atoms with Crippen LogP contribution in [0.4, 0.5) is 5.13 Å². The molecule has 0 saturated heterocycles. The molecular formula is C14H15ClN2O2S. The number of thiazole rings is 1. The number of esters is 1. The maximum Gasteiger partial charge on any atom is 0.311 e. The molecule has 0 spiro atoms. The Bertz CT molecular complexity index is 596. The minimum Gasteiger partial charge on any atom is -0.466 e. The van der Waals surface area contributed by atoms with Crippen molar-refractivity contribution in [2.75, 3.05) is 19.0 Å². The van der Waals surface area contributed by atoms with E-state index in [2.05, 4.69) is 10.3 Å². The summed E-state index contributed by atoms with van der Waals surface area (Å²) in [6, 6.07) is 7.41. The first kappa shape index (κ1) is 14.8. The van der Waals surface area contributed by atoms with Crippen molar-refractivity contribution >= 4 is 34.0 Å². The molecule has 2 rings (SSSR count). The van der Waals surface area contributed by atoms with Gasteiger partial charge in [0.25, 0.3) is 0 Å². The van der Waals surface area contributed by atoms with Gasteiger partial charge >= 0.3 is 5.97 Å². The Hall–Kier alpha value is -1.59. The maximum atomic E-state index is 11.7.